The molecule has 2 aromatic rings. The molecule has 1 aliphatic rings. The van der Waals surface area contributed by atoms with Crippen LogP contribution in [0.4, 0.5) is 0 Å². The number of imidazole rings is 1. The molecule has 0 atom stereocenters. The summed E-state index contributed by atoms with van der Waals surface area (Å²) in [4.78, 5) is 30.0. The molecular weight excluding hydrogens is 308 g/mol. The molecule has 0 fully saturated rings. The van der Waals surface area contributed by atoms with Crippen molar-refractivity contribution < 1.29 is 14.8 Å². The second-order valence-electron chi connectivity index (χ2n) is 5.91. The molecule has 126 valence electrons. The Morgan fingerprint density at radius 2 is 2.17 bits per heavy atom. The maximum atomic E-state index is 12.5. The monoisotopic (exact) mass is 328 g/mol. The van der Waals surface area contributed by atoms with Crippen molar-refractivity contribution in [2.75, 3.05) is 6.54 Å². The Hall–Kier alpha value is -2.67. The number of benzene rings is 1. The predicted octanol–water partition coefficient (Wildman–Crippen LogP) is 1.29. The Morgan fingerprint density at radius 1 is 1.33 bits per heavy atom. The zero-order valence-electron chi connectivity index (χ0n) is 13.5. The average molecular weight is 328 g/mol. The normalized spacial score (nSPS) is 13.5. The van der Waals surface area contributed by atoms with Gasteiger partial charge in [0.15, 0.2) is 0 Å². The Kier molecular flexibility index (Phi) is 4.61. The van der Waals surface area contributed by atoms with Crippen molar-refractivity contribution in [2.24, 2.45) is 0 Å². The maximum absolute atomic E-state index is 12.5. The molecule has 2 N–H and O–H groups in total. The number of carbonyl (C=O) groups excluding carboxylic acids is 2. The van der Waals surface area contributed by atoms with Gasteiger partial charge in [0.1, 0.15) is 5.82 Å². The van der Waals surface area contributed by atoms with Gasteiger partial charge in [-0.2, -0.15) is 0 Å². The minimum atomic E-state index is -0.545. The van der Waals surface area contributed by atoms with Gasteiger partial charge in [-0.05, 0) is 36.6 Å². The van der Waals surface area contributed by atoms with Gasteiger partial charge in [0, 0.05) is 44.0 Å². The van der Waals surface area contributed by atoms with Crippen molar-refractivity contribution in [1.29, 1.82) is 0 Å². The number of hydroxylamine groups is 1. The number of rotatable bonds is 4. The van der Waals surface area contributed by atoms with Gasteiger partial charge in [0.05, 0.1) is 0 Å². The van der Waals surface area contributed by atoms with Gasteiger partial charge in [-0.1, -0.05) is 6.07 Å². The zero-order chi connectivity index (χ0) is 17.1. The van der Waals surface area contributed by atoms with Crippen LogP contribution in [-0.4, -0.2) is 38.0 Å². The van der Waals surface area contributed by atoms with E-state index in [0.717, 1.165) is 23.4 Å². The Labute approximate surface area is 139 Å². The molecule has 2 amide bonds. The molecule has 24 heavy (non-hydrogen) atoms. The standard InChI is InChI=1S/C17H20N4O3/c1-12-18-6-9-20(12)8-5-16(22)21-7-4-13-2-3-14(17(23)19-24)10-15(13)11-21/h2-3,6,9-10,24H,4-5,7-8,11H2,1H3,(H,19,23). The van der Waals surface area contributed by atoms with Crippen LogP contribution in [0.3, 0.4) is 0 Å². The lowest BCUT2D eigenvalue weighted by atomic mass is 9.97. The minimum Gasteiger partial charge on any atom is -0.338 e. The number of hydrogen-bond acceptors (Lipinski definition) is 4. The van der Waals surface area contributed by atoms with Crippen LogP contribution in [0, 0.1) is 6.92 Å². The Balaban J connectivity index is 1.66. The van der Waals surface area contributed by atoms with Gasteiger partial charge in [-0.15, -0.1) is 0 Å². The van der Waals surface area contributed by atoms with Crippen LogP contribution in [0.25, 0.3) is 0 Å². The first-order valence-corrected chi connectivity index (χ1v) is 7.90. The fraction of sp³-hybridized carbons (Fsp3) is 0.353. The van der Waals surface area contributed by atoms with Gasteiger partial charge in [-0.25, -0.2) is 10.5 Å². The van der Waals surface area contributed by atoms with E-state index in [4.69, 9.17) is 5.21 Å². The second-order valence-corrected chi connectivity index (χ2v) is 5.91. The summed E-state index contributed by atoms with van der Waals surface area (Å²) in [5.41, 5.74) is 4.11. The second kappa shape index (κ2) is 6.84. The van der Waals surface area contributed by atoms with Gasteiger partial charge in [0.25, 0.3) is 5.91 Å². The highest BCUT2D eigenvalue weighted by molar-refractivity contribution is 5.93. The van der Waals surface area contributed by atoms with Gasteiger partial charge >= 0.3 is 0 Å². The third-order valence-electron chi connectivity index (χ3n) is 4.43. The number of nitrogens with one attached hydrogen (secondary N) is 1. The number of carbonyl (C=O) groups is 2. The van der Waals surface area contributed by atoms with E-state index in [9.17, 15) is 9.59 Å². The quantitative estimate of drug-likeness (QED) is 0.654. The summed E-state index contributed by atoms with van der Waals surface area (Å²) in [5, 5.41) is 8.74. The largest absolute Gasteiger partial charge is 0.338 e. The average Bonchev–Trinajstić information content (AvgIpc) is 3.02. The van der Waals surface area contributed by atoms with Crippen molar-refractivity contribution in [3.63, 3.8) is 0 Å². The number of aryl methyl sites for hydroxylation is 2. The lowest BCUT2D eigenvalue weighted by molar-refractivity contribution is -0.132. The van der Waals surface area contributed by atoms with Gasteiger partial charge in [-0.3, -0.25) is 14.8 Å². The summed E-state index contributed by atoms with van der Waals surface area (Å²) < 4.78 is 1.96. The molecule has 2 heterocycles. The fourth-order valence-corrected chi connectivity index (χ4v) is 2.99. The zero-order valence-corrected chi connectivity index (χ0v) is 13.5. The van der Waals surface area contributed by atoms with E-state index in [0.29, 0.717) is 31.6 Å². The molecular formula is C17H20N4O3. The number of nitrogens with zero attached hydrogens (tertiary/aromatic N) is 3. The first-order valence-electron chi connectivity index (χ1n) is 7.90. The molecule has 1 aromatic heterocycles. The van der Waals surface area contributed by atoms with Crippen molar-refractivity contribution in [3.8, 4) is 0 Å². The summed E-state index contributed by atoms with van der Waals surface area (Å²) in [7, 11) is 0. The van der Waals surface area contributed by atoms with Crippen LogP contribution in [0.1, 0.15) is 33.7 Å². The van der Waals surface area contributed by atoms with E-state index < -0.39 is 5.91 Å². The van der Waals surface area contributed by atoms with Crippen molar-refractivity contribution in [3.05, 3.63) is 53.1 Å². The third kappa shape index (κ3) is 3.30. The van der Waals surface area contributed by atoms with Crippen LogP contribution < -0.4 is 5.48 Å². The minimum absolute atomic E-state index is 0.0887. The molecule has 0 unspecified atom stereocenters. The Bertz CT molecular complexity index is 769. The van der Waals surface area contributed by atoms with Crippen molar-refractivity contribution >= 4 is 11.8 Å². The first kappa shape index (κ1) is 16.2. The SMILES string of the molecule is Cc1nccn1CCC(=O)N1CCc2ccc(C(=O)NO)cc2C1. The van der Waals surface area contributed by atoms with Crippen LogP contribution in [0.15, 0.2) is 30.6 Å². The summed E-state index contributed by atoms with van der Waals surface area (Å²) >= 11 is 0. The molecule has 1 aliphatic heterocycles. The third-order valence-corrected chi connectivity index (χ3v) is 4.43. The number of aromatic nitrogens is 2. The van der Waals surface area contributed by atoms with Crippen LogP contribution in [0.5, 0.6) is 0 Å². The van der Waals surface area contributed by atoms with Gasteiger partial charge < -0.3 is 9.47 Å². The van der Waals surface area contributed by atoms with Crippen LogP contribution in [-0.2, 0) is 24.3 Å². The highest BCUT2D eigenvalue weighted by atomic mass is 16.5. The molecule has 7 nitrogen and oxygen atoms in total. The summed E-state index contributed by atoms with van der Waals surface area (Å²) in [6.45, 7) is 3.69. The topological polar surface area (TPSA) is 87.5 Å². The van der Waals surface area contributed by atoms with E-state index in [-0.39, 0.29) is 5.91 Å². The highest BCUT2D eigenvalue weighted by Gasteiger charge is 2.21. The lowest BCUT2D eigenvalue weighted by Gasteiger charge is -2.29. The summed E-state index contributed by atoms with van der Waals surface area (Å²) in [5.74, 6) is 0.439. The van der Waals surface area contributed by atoms with Gasteiger partial charge in [0.2, 0.25) is 5.91 Å². The maximum Gasteiger partial charge on any atom is 0.274 e. The molecule has 7 heteroatoms. The molecule has 0 bridgehead atoms. The predicted molar refractivity (Wildman–Crippen MR) is 86.4 cm³/mol. The molecule has 3 rings (SSSR count). The summed E-state index contributed by atoms with van der Waals surface area (Å²) in [6.07, 6.45) is 4.79. The highest BCUT2D eigenvalue weighted by Crippen LogP contribution is 2.21. The number of hydrogen-bond donors (Lipinski definition) is 2. The fourth-order valence-electron chi connectivity index (χ4n) is 2.99. The molecule has 0 saturated carbocycles. The lowest BCUT2D eigenvalue weighted by Crippen LogP contribution is -2.36. The number of amides is 2. The number of fused-ring (bicyclic) bond motifs is 1. The van der Waals surface area contributed by atoms with Crippen molar-refractivity contribution in [2.45, 2.75) is 32.9 Å². The molecule has 1 aromatic carbocycles. The summed E-state index contributed by atoms with van der Waals surface area (Å²) in [6, 6.07) is 5.31. The van der Waals surface area contributed by atoms with E-state index in [2.05, 4.69) is 4.98 Å². The van der Waals surface area contributed by atoms with E-state index in [1.807, 2.05) is 28.7 Å². The van der Waals surface area contributed by atoms with Crippen LogP contribution >= 0.6 is 0 Å². The molecule has 0 saturated heterocycles. The van der Waals surface area contributed by atoms with E-state index >= 15 is 0 Å². The molecule has 0 radical (unpaired) electrons. The van der Waals surface area contributed by atoms with Crippen LogP contribution in [0.2, 0.25) is 0 Å². The van der Waals surface area contributed by atoms with Crippen molar-refractivity contribution in [1.82, 2.24) is 19.9 Å². The molecule has 0 spiro atoms. The van der Waals surface area contributed by atoms with E-state index in [1.165, 1.54) is 0 Å². The Morgan fingerprint density at radius 3 is 2.88 bits per heavy atom. The molecule has 0 aliphatic carbocycles. The van der Waals surface area contributed by atoms with E-state index in [1.54, 1.807) is 23.8 Å². The first-order chi connectivity index (χ1) is 11.6. The smallest absolute Gasteiger partial charge is 0.274 e.